The molecule has 1 aromatic rings. The highest BCUT2D eigenvalue weighted by Gasteiger charge is 2.71. The molecule has 0 saturated heterocycles. The van der Waals surface area contributed by atoms with Gasteiger partial charge in [0.2, 0.25) is 12.3 Å². The van der Waals surface area contributed by atoms with Gasteiger partial charge in [0.05, 0.1) is 11.0 Å². The van der Waals surface area contributed by atoms with Crippen molar-refractivity contribution in [1.29, 1.82) is 0 Å². The summed E-state index contributed by atoms with van der Waals surface area (Å²) in [5.74, 6) is 0.742. The summed E-state index contributed by atoms with van der Waals surface area (Å²) in [6.45, 7) is -0.407. The van der Waals surface area contributed by atoms with E-state index in [1.54, 1.807) is 0 Å². The molecule has 2 N–H and O–H groups in total. The third-order valence-corrected chi connectivity index (χ3v) is 4.90. The van der Waals surface area contributed by atoms with Gasteiger partial charge in [-0.15, -0.1) is 10.2 Å². The van der Waals surface area contributed by atoms with Crippen molar-refractivity contribution in [2.45, 2.75) is 43.0 Å². The Bertz CT molecular complexity index is 749. The number of nitrogens with zero attached hydrogens (tertiary/aromatic N) is 2. The summed E-state index contributed by atoms with van der Waals surface area (Å²) in [5, 5.41) is 13.2. The molecule has 0 aromatic carbocycles. The van der Waals surface area contributed by atoms with Crippen molar-refractivity contribution in [2.24, 2.45) is 0 Å². The number of rotatable bonds is 6. The Morgan fingerprint density at radius 2 is 2.12 bits per heavy atom. The number of carbonyl (C=O) groups is 1. The van der Waals surface area contributed by atoms with Gasteiger partial charge in [-0.25, -0.2) is 0 Å². The summed E-state index contributed by atoms with van der Waals surface area (Å²) in [6.07, 6.45) is 0.885. The predicted molar refractivity (Wildman–Crippen MR) is 76.8 cm³/mol. The average molecular weight is 356 g/mol. The molecule has 1 aromatic heterocycles. The zero-order chi connectivity index (χ0) is 17.7. The van der Waals surface area contributed by atoms with E-state index >= 15 is 0 Å². The van der Waals surface area contributed by atoms with Crippen LogP contribution < -0.4 is 10.6 Å². The fraction of sp³-hybridized carbons (Fsp3) is 0.533. The van der Waals surface area contributed by atoms with Gasteiger partial charge in [-0.05, 0) is 25.3 Å². The third-order valence-electron chi connectivity index (χ3n) is 4.90. The van der Waals surface area contributed by atoms with Crippen molar-refractivity contribution in [1.82, 2.24) is 20.8 Å². The van der Waals surface area contributed by atoms with E-state index in [9.17, 15) is 18.0 Å². The molecule has 0 radical (unpaired) electrons. The molecule has 0 atom stereocenters. The van der Waals surface area contributed by atoms with Crippen LogP contribution in [-0.2, 0) is 21.6 Å². The van der Waals surface area contributed by atoms with E-state index in [4.69, 9.17) is 9.15 Å². The fourth-order valence-corrected chi connectivity index (χ4v) is 3.76. The van der Waals surface area contributed by atoms with Crippen molar-refractivity contribution in [3.05, 3.63) is 35.4 Å². The SMILES string of the molecule is O=CNC12CC(c3nnc(COC4=CNCC(C(F)(F)F)=C4)o3)(C1)C2. The molecule has 3 fully saturated rings. The van der Waals surface area contributed by atoms with Gasteiger partial charge in [-0.2, -0.15) is 13.2 Å². The normalized spacial score (nSPS) is 30.2. The van der Waals surface area contributed by atoms with Crippen molar-refractivity contribution in [3.8, 4) is 0 Å². The number of dihydropyridines is 1. The predicted octanol–water partition coefficient (Wildman–Crippen LogP) is 1.44. The van der Waals surface area contributed by atoms with E-state index in [1.165, 1.54) is 6.20 Å². The number of hydrogen-bond acceptors (Lipinski definition) is 6. The van der Waals surface area contributed by atoms with E-state index < -0.39 is 11.7 Å². The Morgan fingerprint density at radius 3 is 2.80 bits per heavy atom. The standard InChI is InChI=1S/C15H15F3N4O3/c16-15(17,18)9-1-10(3-19-2-9)24-4-11-21-22-12(25-11)13-5-14(6-13,7-13)20-8-23/h1,3,8,19H,2,4-7H2,(H,20,23). The second-order valence-corrected chi connectivity index (χ2v) is 6.74. The van der Waals surface area contributed by atoms with Crippen LogP contribution in [0.15, 0.2) is 28.0 Å². The second-order valence-electron chi connectivity index (χ2n) is 6.74. The molecule has 0 unspecified atom stereocenters. The maximum absolute atomic E-state index is 12.7. The summed E-state index contributed by atoms with van der Waals surface area (Å²) in [4.78, 5) is 10.5. The summed E-state index contributed by atoms with van der Waals surface area (Å²) in [6, 6.07) is 0. The van der Waals surface area contributed by atoms with Crippen molar-refractivity contribution in [3.63, 3.8) is 0 Å². The van der Waals surface area contributed by atoms with Crippen LogP contribution in [0.1, 0.15) is 31.0 Å². The van der Waals surface area contributed by atoms with Crippen LogP contribution in [0, 0.1) is 0 Å². The average Bonchev–Trinajstić information content (AvgIpc) is 2.95. The van der Waals surface area contributed by atoms with Crippen molar-refractivity contribution in [2.75, 3.05) is 6.54 Å². The smallest absolute Gasteiger partial charge is 0.414 e. The summed E-state index contributed by atoms with van der Waals surface area (Å²) < 4.78 is 49.0. The Labute approximate surface area is 140 Å². The summed E-state index contributed by atoms with van der Waals surface area (Å²) in [5.41, 5.74) is -1.03. The molecule has 3 saturated carbocycles. The van der Waals surface area contributed by atoms with Gasteiger partial charge in [-0.1, -0.05) is 0 Å². The number of halogens is 3. The number of aromatic nitrogens is 2. The van der Waals surface area contributed by atoms with E-state index in [-0.39, 0.29) is 35.8 Å². The second kappa shape index (κ2) is 5.24. The lowest BCUT2D eigenvalue weighted by atomic mass is 9.39. The van der Waals surface area contributed by atoms with E-state index in [2.05, 4.69) is 20.8 Å². The number of carbonyl (C=O) groups excluding carboxylic acids is 1. The van der Waals surface area contributed by atoms with Crippen LogP contribution in [0.3, 0.4) is 0 Å². The molecule has 5 rings (SSSR count). The lowest BCUT2D eigenvalue weighted by Gasteiger charge is -2.68. The van der Waals surface area contributed by atoms with Crippen LogP contribution >= 0.6 is 0 Å². The van der Waals surface area contributed by atoms with Gasteiger partial charge in [0.25, 0.3) is 5.89 Å². The molecule has 3 aliphatic carbocycles. The Morgan fingerprint density at radius 1 is 1.36 bits per heavy atom. The van der Waals surface area contributed by atoms with E-state index in [0.29, 0.717) is 12.3 Å². The first kappa shape index (κ1) is 16.0. The molecule has 1 amide bonds. The lowest BCUT2D eigenvalue weighted by Crippen LogP contribution is -2.75. The molecule has 2 bridgehead atoms. The third kappa shape index (κ3) is 2.65. The number of allylic oxidation sites excluding steroid dienone is 1. The molecule has 10 heteroatoms. The van der Waals surface area contributed by atoms with Gasteiger partial charge in [0.1, 0.15) is 5.76 Å². The number of amides is 1. The van der Waals surface area contributed by atoms with Crippen molar-refractivity contribution >= 4 is 6.41 Å². The van der Waals surface area contributed by atoms with Crippen LogP contribution in [0.4, 0.5) is 13.2 Å². The van der Waals surface area contributed by atoms with Crippen LogP contribution in [0.25, 0.3) is 0 Å². The van der Waals surface area contributed by atoms with Crippen molar-refractivity contribution < 1.29 is 27.1 Å². The highest BCUT2D eigenvalue weighted by Crippen LogP contribution is 2.67. The summed E-state index contributed by atoms with van der Waals surface area (Å²) >= 11 is 0. The highest BCUT2D eigenvalue weighted by atomic mass is 19.4. The Balaban J connectivity index is 1.35. The first-order chi connectivity index (χ1) is 11.8. The fourth-order valence-electron chi connectivity index (χ4n) is 3.76. The Kier molecular flexibility index (Phi) is 3.35. The number of nitrogens with one attached hydrogen (secondary N) is 2. The van der Waals surface area contributed by atoms with Gasteiger partial charge in [-0.3, -0.25) is 4.79 Å². The number of alkyl halides is 3. The Hall–Kier alpha value is -2.52. The van der Waals surface area contributed by atoms with Crippen LogP contribution in [0.2, 0.25) is 0 Å². The van der Waals surface area contributed by atoms with E-state index in [1.807, 2.05) is 0 Å². The zero-order valence-electron chi connectivity index (χ0n) is 13.0. The van der Waals surface area contributed by atoms with Gasteiger partial charge < -0.3 is 19.8 Å². The lowest BCUT2D eigenvalue weighted by molar-refractivity contribution is -0.131. The molecule has 7 nitrogen and oxygen atoms in total. The van der Waals surface area contributed by atoms with E-state index in [0.717, 1.165) is 25.3 Å². The summed E-state index contributed by atoms with van der Waals surface area (Å²) in [7, 11) is 0. The molecule has 25 heavy (non-hydrogen) atoms. The monoisotopic (exact) mass is 356 g/mol. The highest BCUT2D eigenvalue weighted by molar-refractivity contribution is 5.52. The minimum atomic E-state index is -4.40. The van der Waals surface area contributed by atoms with Gasteiger partial charge in [0.15, 0.2) is 6.61 Å². The van der Waals surface area contributed by atoms with Gasteiger partial charge >= 0.3 is 6.18 Å². The first-order valence-electron chi connectivity index (χ1n) is 7.73. The molecular formula is C15H15F3N4O3. The molecule has 1 aliphatic heterocycles. The molecular weight excluding hydrogens is 341 g/mol. The van der Waals surface area contributed by atoms with Crippen LogP contribution in [-0.4, -0.2) is 34.9 Å². The maximum Gasteiger partial charge on any atom is 0.414 e. The molecule has 4 aliphatic rings. The minimum absolute atomic E-state index is 0.0537. The first-order valence-corrected chi connectivity index (χ1v) is 7.73. The largest absolute Gasteiger partial charge is 0.482 e. The number of hydrogen-bond donors (Lipinski definition) is 2. The molecule has 0 spiro atoms. The minimum Gasteiger partial charge on any atom is -0.482 e. The zero-order valence-corrected chi connectivity index (χ0v) is 13.0. The van der Waals surface area contributed by atoms with Gasteiger partial charge in [0, 0.05) is 18.3 Å². The molecule has 2 heterocycles. The van der Waals surface area contributed by atoms with Crippen LogP contribution in [0.5, 0.6) is 0 Å². The quantitative estimate of drug-likeness (QED) is 0.750. The number of ether oxygens (including phenoxy) is 1. The topological polar surface area (TPSA) is 89.3 Å². The maximum atomic E-state index is 12.7. The molecule has 134 valence electrons.